The van der Waals surface area contributed by atoms with Crippen molar-refractivity contribution in [2.75, 3.05) is 45.3 Å². The number of amides is 1. The second-order valence-electron chi connectivity index (χ2n) is 10.1. The molecule has 1 aromatic carbocycles. The molecule has 4 heterocycles. The Morgan fingerprint density at radius 2 is 1.73 bits per heavy atom. The zero-order chi connectivity index (χ0) is 26.3. The fourth-order valence-corrected chi connectivity index (χ4v) is 4.63. The Labute approximate surface area is 215 Å². The molecule has 0 aliphatic carbocycles. The van der Waals surface area contributed by atoms with Gasteiger partial charge < -0.3 is 23.7 Å². The van der Waals surface area contributed by atoms with Crippen molar-refractivity contribution in [2.45, 2.75) is 33.1 Å². The summed E-state index contributed by atoms with van der Waals surface area (Å²) in [5, 5.41) is 4.45. The summed E-state index contributed by atoms with van der Waals surface area (Å²) in [6.45, 7) is 10.5. The lowest BCUT2D eigenvalue weighted by atomic mass is 9.93. The summed E-state index contributed by atoms with van der Waals surface area (Å²) in [6, 6.07) is 7.66. The number of benzene rings is 1. The lowest BCUT2D eigenvalue weighted by molar-refractivity contribution is 0.0744. The van der Waals surface area contributed by atoms with Crippen molar-refractivity contribution in [3.05, 3.63) is 53.9 Å². The van der Waals surface area contributed by atoms with E-state index in [1.54, 1.807) is 24.9 Å². The van der Waals surface area contributed by atoms with Crippen LogP contribution in [0.2, 0.25) is 0 Å². The van der Waals surface area contributed by atoms with Crippen LogP contribution >= 0.6 is 0 Å². The van der Waals surface area contributed by atoms with Crippen molar-refractivity contribution in [3.8, 4) is 22.6 Å². The van der Waals surface area contributed by atoms with Crippen molar-refractivity contribution >= 4 is 17.5 Å². The minimum atomic E-state index is -0.160. The molecule has 0 bridgehead atoms. The second kappa shape index (κ2) is 9.42. The van der Waals surface area contributed by atoms with Gasteiger partial charge in [-0.1, -0.05) is 26.8 Å². The van der Waals surface area contributed by atoms with Crippen molar-refractivity contribution in [3.63, 3.8) is 0 Å². The predicted octanol–water partition coefficient (Wildman–Crippen LogP) is 3.97. The van der Waals surface area contributed by atoms with Gasteiger partial charge in [-0.15, -0.1) is 0 Å². The summed E-state index contributed by atoms with van der Waals surface area (Å²) in [7, 11) is 3.23. The van der Waals surface area contributed by atoms with Crippen LogP contribution in [0.25, 0.3) is 16.9 Å². The number of nitrogens with zero attached hydrogens (tertiary/aromatic N) is 6. The fraction of sp³-hybridized carbons (Fsp3) is 0.407. The molecule has 3 aromatic heterocycles. The van der Waals surface area contributed by atoms with Crippen molar-refractivity contribution < 1.29 is 18.7 Å². The molecule has 0 spiro atoms. The first-order valence-electron chi connectivity index (χ1n) is 12.3. The Bertz CT molecular complexity index is 1440. The predicted molar refractivity (Wildman–Crippen MR) is 140 cm³/mol. The van der Waals surface area contributed by atoms with Gasteiger partial charge in [0.1, 0.15) is 23.7 Å². The molecular formula is C27H32N6O4. The first-order chi connectivity index (χ1) is 17.7. The quantitative estimate of drug-likeness (QED) is 0.403. The summed E-state index contributed by atoms with van der Waals surface area (Å²) >= 11 is 0. The Balaban J connectivity index is 1.43. The van der Waals surface area contributed by atoms with Crippen LogP contribution in [0.15, 0.2) is 41.2 Å². The van der Waals surface area contributed by atoms with Crippen molar-refractivity contribution in [2.24, 2.45) is 0 Å². The number of anilines is 1. The van der Waals surface area contributed by atoms with E-state index < -0.39 is 0 Å². The number of ether oxygens (including phenoxy) is 2. The standard InChI is InChI=1S/C27H32N6O4/c1-17-19(14-23(37-17)27(2,3)4)25(34)32-11-9-31(10-12-32)24-20(15-28-26-29-16-30-33(24)26)18-7-8-21(35-5)22(13-18)36-6/h7-8,13-16H,9-12H2,1-6H3. The Morgan fingerprint density at radius 1 is 1.00 bits per heavy atom. The molecule has 37 heavy (non-hydrogen) atoms. The van der Waals surface area contributed by atoms with Crippen molar-refractivity contribution in [1.82, 2.24) is 24.5 Å². The molecule has 0 saturated carbocycles. The first kappa shape index (κ1) is 24.6. The number of furan rings is 1. The molecule has 1 amide bonds. The average molecular weight is 505 g/mol. The molecular weight excluding hydrogens is 472 g/mol. The molecule has 10 heteroatoms. The summed E-state index contributed by atoms with van der Waals surface area (Å²) in [5.74, 6) is 4.14. The van der Waals surface area contributed by atoms with E-state index in [2.05, 4.69) is 40.7 Å². The highest BCUT2D eigenvalue weighted by Gasteiger charge is 2.30. The maximum absolute atomic E-state index is 13.4. The molecule has 4 aromatic rings. The topological polar surface area (TPSA) is 98.2 Å². The molecule has 0 radical (unpaired) electrons. The van der Waals surface area contributed by atoms with E-state index in [1.165, 1.54) is 6.33 Å². The monoisotopic (exact) mass is 504 g/mol. The number of methoxy groups -OCH3 is 2. The summed E-state index contributed by atoms with van der Waals surface area (Å²) in [5.41, 5.74) is 2.28. The Kier molecular flexibility index (Phi) is 6.26. The van der Waals surface area contributed by atoms with Gasteiger partial charge in [-0.25, -0.2) is 4.98 Å². The highest BCUT2D eigenvalue weighted by molar-refractivity contribution is 5.95. The van der Waals surface area contributed by atoms with Crippen LogP contribution in [-0.4, -0.2) is 70.8 Å². The van der Waals surface area contributed by atoms with Crippen LogP contribution in [0.5, 0.6) is 11.5 Å². The van der Waals surface area contributed by atoms with E-state index in [9.17, 15) is 4.79 Å². The van der Waals surface area contributed by atoms with Gasteiger partial charge in [-0.2, -0.15) is 14.6 Å². The van der Waals surface area contributed by atoms with Crippen LogP contribution < -0.4 is 14.4 Å². The molecule has 0 N–H and O–H groups in total. The minimum Gasteiger partial charge on any atom is -0.493 e. The number of piperazine rings is 1. The van der Waals surface area contributed by atoms with E-state index in [0.29, 0.717) is 54.8 Å². The maximum atomic E-state index is 13.4. The van der Waals surface area contributed by atoms with Crippen LogP contribution in [0.3, 0.4) is 0 Å². The lowest BCUT2D eigenvalue weighted by Crippen LogP contribution is -2.49. The molecule has 0 unspecified atom stereocenters. The molecule has 194 valence electrons. The SMILES string of the molecule is COc1ccc(-c2cnc3ncnn3c2N2CCN(C(=O)c3cc(C(C)(C)C)oc3C)CC2)cc1OC. The third-order valence-corrected chi connectivity index (χ3v) is 6.73. The zero-order valence-electron chi connectivity index (χ0n) is 22.1. The lowest BCUT2D eigenvalue weighted by Gasteiger charge is -2.36. The Hall–Kier alpha value is -4.08. The van der Waals surface area contributed by atoms with E-state index in [0.717, 1.165) is 22.7 Å². The maximum Gasteiger partial charge on any atom is 0.257 e. The summed E-state index contributed by atoms with van der Waals surface area (Å²) in [6.07, 6.45) is 3.31. The molecule has 0 atom stereocenters. The number of carbonyl (C=O) groups excluding carboxylic acids is 1. The smallest absolute Gasteiger partial charge is 0.257 e. The van der Waals surface area contributed by atoms with Gasteiger partial charge in [0.25, 0.3) is 11.7 Å². The number of aryl methyl sites for hydroxylation is 1. The fourth-order valence-electron chi connectivity index (χ4n) is 4.63. The van der Waals surface area contributed by atoms with Crippen LogP contribution in [0.1, 0.15) is 42.6 Å². The Morgan fingerprint density at radius 3 is 2.38 bits per heavy atom. The van der Waals surface area contributed by atoms with Gasteiger partial charge in [0.15, 0.2) is 11.5 Å². The van der Waals surface area contributed by atoms with Crippen LogP contribution in [0, 0.1) is 6.92 Å². The highest BCUT2D eigenvalue weighted by atomic mass is 16.5. The normalized spacial score (nSPS) is 14.3. The van der Waals surface area contributed by atoms with E-state index >= 15 is 0 Å². The highest BCUT2D eigenvalue weighted by Crippen LogP contribution is 2.37. The largest absolute Gasteiger partial charge is 0.493 e. The number of aromatic nitrogens is 4. The number of carbonyl (C=O) groups is 1. The van der Waals surface area contributed by atoms with Crippen LogP contribution in [-0.2, 0) is 5.41 Å². The van der Waals surface area contributed by atoms with Gasteiger partial charge in [-0.05, 0) is 30.7 Å². The first-order valence-corrected chi connectivity index (χ1v) is 12.3. The molecule has 1 saturated heterocycles. The molecule has 1 aliphatic heterocycles. The van der Waals surface area contributed by atoms with Gasteiger partial charge in [-0.3, -0.25) is 4.79 Å². The third kappa shape index (κ3) is 4.47. The van der Waals surface area contributed by atoms with Gasteiger partial charge in [0.2, 0.25) is 0 Å². The summed E-state index contributed by atoms with van der Waals surface area (Å²) < 4.78 is 18.6. The van der Waals surface area contributed by atoms with Gasteiger partial charge >= 0.3 is 0 Å². The minimum absolute atomic E-state index is 0.00264. The second-order valence-corrected chi connectivity index (χ2v) is 10.1. The van der Waals surface area contributed by atoms with Crippen LogP contribution in [0.4, 0.5) is 5.82 Å². The van der Waals surface area contributed by atoms with E-state index in [1.807, 2.05) is 36.1 Å². The van der Waals surface area contributed by atoms with E-state index in [4.69, 9.17) is 13.9 Å². The molecule has 10 nitrogen and oxygen atoms in total. The zero-order valence-corrected chi connectivity index (χ0v) is 22.1. The number of hydrogen-bond acceptors (Lipinski definition) is 8. The van der Waals surface area contributed by atoms with Gasteiger partial charge in [0.05, 0.1) is 19.8 Å². The van der Waals surface area contributed by atoms with Gasteiger partial charge in [0, 0.05) is 43.4 Å². The molecule has 1 aliphatic rings. The number of hydrogen-bond donors (Lipinski definition) is 0. The molecule has 5 rings (SSSR count). The average Bonchev–Trinajstić information content (AvgIpc) is 3.54. The number of fused-ring (bicyclic) bond motifs is 1. The summed E-state index contributed by atoms with van der Waals surface area (Å²) in [4.78, 5) is 26.3. The van der Waals surface area contributed by atoms with Crippen molar-refractivity contribution in [1.29, 1.82) is 0 Å². The molecule has 1 fully saturated rings. The number of rotatable bonds is 5. The van der Waals surface area contributed by atoms with E-state index in [-0.39, 0.29) is 11.3 Å². The third-order valence-electron chi connectivity index (χ3n) is 6.73.